The van der Waals surface area contributed by atoms with Crippen molar-refractivity contribution in [3.8, 4) is 11.4 Å². The third kappa shape index (κ3) is 4.46. The SMILES string of the molecule is Cc1cc(=O)n(-c2ccc(N3CCOCC3=O)c(F)c2)c(COc2cccc(F)c2)n1. The summed E-state index contributed by atoms with van der Waals surface area (Å²) in [5, 5.41) is 0. The van der Waals surface area contributed by atoms with E-state index >= 15 is 0 Å². The molecule has 7 nitrogen and oxygen atoms in total. The van der Waals surface area contributed by atoms with Gasteiger partial charge in [0, 0.05) is 30.4 Å². The van der Waals surface area contributed by atoms with E-state index in [1.54, 1.807) is 13.0 Å². The number of aryl methyl sites for hydroxylation is 1. The average molecular weight is 427 g/mol. The van der Waals surface area contributed by atoms with Crippen LogP contribution in [0.25, 0.3) is 5.69 Å². The molecule has 0 N–H and O–H groups in total. The van der Waals surface area contributed by atoms with E-state index in [0.29, 0.717) is 12.3 Å². The first-order valence-corrected chi connectivity index (χ1v) is 9.58. The second kappa shape index (κ2) is 8.65. The lowest BCUT2D eigenvalue weighted by Gasteiger charge is -2.27. The van der Waals surface area contributed by atoms with Crippen molar-refractivity contribution in [2.24, 2.45) is 0 Å². The number of ether oxygens (including phenoxy) is 2. The molecule has 160 valence electrons. The van der Waals surface area contributed by atoms with Gasteiger partial charge in [-0.3, -0.25) is 14.2 Å². The van der Waals surface area contributed by atoms with Crippen molar-refractivity contribution in [3.63, 3.8) is 0 Å². The molecule has 0 bridgehead atoms. The molecule has 31 heavy (non-hydrogen) atoms. The Morgan fingerprint density at radius 2 is 1.97 bits per heavy atom. The topological polar surface area (TPSA) is 73.7 Å². The summed E-state index contributed by atoms with van der Waals surface area (Å²) in [5.41, 5.74) is 0.398. The van der Waals surface area contributed by atoms with Crippen LogP contribution < -0.4 is 15.2 Å². The molecular weight excluding hydrogens is 408 g/mol. The Hall–Kier alpha value is -3.59. The largest absolute Gasteiger partial charge is 0.486 e. The molecule has 0 spiro atoms. The highest BCUT2D eigenvalue weighted by atomic mass is 19.1. The van der Waals surface area contributed by atoms with Crippen molar-refractivity contribution in [2.75, 3.05) is 24.7 Å². The maximum Gasteiger partial charge on any atom is 0.258 e. The van der Waals surface area contributed by atoms with Crippen molar-refractivity contribution in [3.05, 3.63) is 82.0 Å². The van der Waals surface area contributed by atoms with Crippen molar-refractivity contribution < 1.29 is 23.0 Å². The second-order valence-electron chi connectivity index (χ2n) is 6.97. The second-order valence-corrected chi connectivity index (χ2v) is 6.97. The minimum absolute atomic E-state index is 0.107. The summed E-state index contributed by atoms with van der Waals surface area (Å²) in [6, 6.07) is 11.1. The minimum atomic E-state index is -0.655. The van der Waals surface area contributed by atoms with Crippen LogP contribution in [-0.2, 0) is 16.1 Å². The van der Waals surface area contributed by atoms with Gasteiger partial charge >= 0.3 is 0 Å². The van der Waals surface area contributed by atoms with E-state index in [1.807, 2.05) is 0 Å². The number of anilines is 1. The lowest BCUT2D eigenvalue weighted by atomic mass is 10.2. The zero-order chi connectivity index (χ0) is 22.0. The molecular formula is C22H19F2N3O4. The van der Waals surface area contributed by atoms with Crippen molar-refractivity contribution in [2.45, 2.75) is 13.5 Å². The molecule has 4 rings (SSSR count). The van der Waals surface area contributed by atoms with Crippen LogP contribution in [0, 0.1) is 18.6 Å². The molecule has 1 aliphatic heterocycles. The fraction of sp³-hybridized carbons (Fsp3) is 0.227. The third-order valence-electron chi connectivity index (χ3n) is 4.75. The molecule has 0 saturated carbocycles. The molecule has 0 atom stereocenters. The third-order valence-corrected chi connectivity index (χ3v) is 4.75. The molecule has 1 aliphatic rings. The predicted octanol–water partition coefficient (Wildman–Crippen LogP) is 2.76. The van der Waals surface area contributed by atoms with E-state index in [1.165, 1.54) is 51.9 Å². The van der Waals surface area contributed by atoms with Gasteiger partial charge in [-0.1, -0.05) is 6.07 Å². The summed E-state index contributed by atoms with van der Waals surface area (Å²) >= 11 is 0. The summed E-state index contributed by atoms with van der Waals surface area (Å²) in [6.45, 7) is 1.98. The number of morpholine rings is 1. The minimum Gasteiger partial charge on any atom is -0.486 e. The molecule has 1 fully saturated rings. The number of aromatic nitrogens is 2. The highest BCUT2D eigenvalue weighted by Gasteiger charge is 2.23. The molecule has 9 heteroatoms. The molecule has 1 saturated heterocycles. The van der Waals surface area contributed by atoms with Gasteiger partial charge in [0.2, 0.25) is 0 Å². The molecule has 1 aromatic heterocycles. The number of nitrogens with zero attached hydrogens (tertiary/aromatic N) is 3. The van der Waals surface area contributed by atoms with Crippen molar-refractivity contribution >= 4 is 11.6 Å². The van der Waals surface area contributed by atoms with Gasteiger partial charge in [0.1, 0.15) is 30.6 Å². The fourth-order valence-corrected chi connectivity index (χ4v) is 3.36. The van der Waals surface area contributed by atoms with Crippen molar-refractivity contribution in [1.82, 2.24) is 9.55 Å². The predicted molar refractivity (Wildman–Crippen MR) is 108 cm³/mol. The van der Waals surface area contributed by atoms with Gasteiger partial charge < -0.3 is 14.4 Å². The van der Waals surface area contributed by atoms with Gasteiger partial charge in [0.05, 0.1) is 18.0 Å². The van der Waals surface area contributed by atoms with E-state index in [0.717, 1.165) is 0 Å². The van der Waals surface area contributed by atoms with Gasteiger partial charge in [-0.25, -0.2) is 13.8 Å². The number of hydrogen-bond acceptors (Lipinski definition) is 5. The summed E-state index contributed by atoms with van der Waals surface area (Å²) < 4.78 is 40.2. The standard InChI is InChI=1S/C22H19F2N3O4/c1-14-9-21(28)27(20(25-14)12-31-17-4-2-3-15(23)10-17)16-5-6-19(18(24)11-16)26-7-8-30-13-22(26)29/h2-6,9-11H,7-8,12-13H2,1H3. The average Bonchev–Trinajstić information content (AvgIpc) is 2.73. The van der Waals surface area contributed by atoms with Gasteiger partial charge in [0.25, 0.3) is 11.5 Å². The Kier molecular flexibility index (Phi) is 5.77. The highest BCUT2D eigenvalue weighted by Crippen LogP contribution is 2.24. The van der Waals surface area contributed by atoms with Crippen LogP contribution >= 0.6 is 0 Å². The molecule has 3 aromatic rings. The Balaban J connectivity index is 1.68. The lowest BCUT2D eigenvalue weighted by Crippen LogP contribution is -2.42. The first-order chi connectivity index (χ1) is 14.9. The summed E-state index contributed by atoms with van der Waals surface area (Å²) in [7, 11) is 0. The molecule has 0 unspecified atom stereocenters. The van der Waals surface area contributed by atoms with E-state index in [-0.39, 0.29) is 48.6 Å². The van der Waals surface area contributed by atoms with Crippen LogP contribution in [0.3, 0.4) is 0 Å². The quantitative estimate of drug-likeness (QED) is 0.626. The summed E-state index contributed by atoms with van der Waals surface area (Å²) in [4.78, 5) is 30.4. The molecule has 2 heterocycles. The van der Waals surface area contributed by atoms with E-state index in [2.05, 4.69) is 4.98 Å². The van der Waals surface area contributed by atoms with Gasteiger partial charge in [0.15, 0.2) is 5.82 Å². The highest BCUT2D eigenvalue weighted by molar-refractivity contribution is 5.95. The zero-order valence-electron chi connectivity index (χ0n) is 16.7. The van der Waals surface area contributed by atoms with E-state index < -0.39 is 17.2 Å². The number of carbonyl (C=O) groups excluding carboxylic acids is 1. The fourth-order valence-electron chi connectivity index (χ4n) is 3.36. The maximum atomic E-state index is 14.9. The first-order valence-electron chi connectivity index (χ1n) is 9.58. The Bertz CT molecular complexity index is 1200. The Morgan fingerprint density at radius 3 is 2.71 bits per heavy atom. The van der Waals surface area contributed by atoms with Crippen LogP contribution in [0.15, 0.2) is 53.3 Å². The number of carbonyl (C=O) groups is 1. The lowest BCUT2D eigenvalue weighted by molar-refractivity contribution is -0.125. The van der Waals surface area contributed by atoms with E-state index in [4.69, 9.17) is 9.47 Å². The van der Waals surface area contributed by atoms with Crippen LogP contribution in [-0.4, -0.2) is 35.2 Å². The van der Waals surface area contributed by atoms with Crippen LogP contribution in [0.1, 0.15) is 11.5 Å². The normalized spacial score (nSPS) is 14.0. The number of halogens is 2. The van der Waals surface area contributed by atoms with Gasteiger partial charge in [-0.2, -0.15) is 0 Å². The molecule has 1 amide bonds. The maximum absolute atomic E-state index is 14.9. The molecule has 0 aliphatic carbocycles. The number of hydrogen-bond donors (Lipinski definition) is 0. The molecule has 2 aromatic carbocycles. The van der Waals surface area contributed by atoms with Crippen LogP contribution in [0.4, 0.5) is 14.5 Å². The van der Waals surface area contributed by atoms with Gasteiger partial charge in [-0.15, -0.1) is 0 Å². The number of benzene rings is 2. The Morgan fingerprint density at radius 1 is 1.13 bits per heavy atom. The molecule has 0 radical (unpaired) electrons. The number of amides is 1. The monoisotopic (exact) mass is 427 g/mol. The number of rotatable bonds is 5. The van der Waals surface area contributed by atoms with Crippen LogP contribution in [0.5, 0.6) is 5.75 Å². The van der Waals surface area contributed by atoms with Gasteiger partial charge in [-0.05, 0) is 31.2 Å². The smallest absolute Gasteiger partial charge is 0.258 e. The zero-order valence-corrected chi connectivity index (χ0v) is 16.7. The van der Waals surface area contributed by atoms with Crippen LogP contribution in [0.2, 0.25) is 0 Å². The van der Waals surface area contributed by atoms with E-state index in [9.17, 15) is 18.4 Å². The first kappa shape index (κ1) is 20.7. The summed E-state index contributed by atoms with van der Waals surface area (Å²) in [6.07, 6.45) is 0. The Labute approximate surface area is 176 Å². The van der Waals surface area contributed by atoms with Crippen molar-refractivity contribution in [1.29, 1.82) is 0 Å². The summed E-state index contributed by atoms with van der Waals surface area (Å²) in [5.74, 6) is -0.950.